The van der Waals surface area contributed by atoms with Gasteiger partial charge in [0.1, 0.15) is 26.3 Å². The van der Waals surface area contributed by atoms with Gasteiger partial charge in [0.15, 0.2) is 11.5 Å². The molecule has 0 aromatic carbocycles. The highest BCUT2D eigenvalue weighted by molar-refractivity contribution is 7.99. The summed E-state index contributed by atoms with van der Waals surface area (Å²) in [6.45, 7) is 11.5. The van der Waals surface area contributed by atoms with E-state index < -0.39 is 15.4 Å². The normalized spacial score (nSPS) is 13.7. The van der Waals surface area contributed by atoms with Crippen molar-refractivity contribution in [3.63, 3.8) is 0 Å². The molecule has 1 unspecified atom stereocenters. The van der Waals surface area contributed by atoms with Crippen molar-refractivity contribution in [2.45, 2.75) is 116 Å². The number of nitrogen functional groups attached to an aromatic ring is 1. The third kappa shape index (κ3) is 17.6. The highest BCUT2D eigenvalue weighted by Gasteiger charge is 2.19. The Kier molecular flexibility index (Phi) is 19.6. The minimum absolute atomic E-state index is 0. The van der Waals surface area contributed by atoms with Gasteiger partial charge in [-0.15, -0.1) is 11.5 Å². The van der Waals surface area contributed by atoms with Crippen LogP contribution in [0.3, 0.4) is 0 Å². The zero-order valence-electron chi connectivity index (χ0n) is 27.2. The zero-order chi connectivity index (χ0) is 30.0. The minimum atomic E-state index is -2.80. The SMILES string of the molecule is C[C@H](Cn1cnc2c(N)ncnc21)OCP(C)(=O)OCCCSCCCCCCCCCCCCC#C[Si](C)(C)C.[NH4+]. The average Bonchev–Trinajstić information content (AvgIpc) is 3.32. The number of rotatable bonds is 22. The van der Waals surface area contributed by atoms with Gasteiger partial charge in [-0.25, -0.2) is 15.0 Å². The second-order valence-corrected chi connectivity index (χ2v) is 20.6. The number of anilines is 1. The van der Waals surface area contributed by atoms with Crippen LogP contribution in [0.2, 0.25) is 19.6 Å². The molecular formula is C30H58N6O3PSSi+. The van der Waals surface area contributed by atoms with Gasteiger partial charge in [0.2, 0.25) is 7.37 Å². The van der Waals surface area contributed by atoms with Crippen molar-refractivity contribution in [3.8, 4) is 11.5 Å². The van der Waals surface area contributed by atoms with Gasteiger partial charge in [0.25, 0.3) is 0 Å². The third-order valence-corrected chi connectivity index (χ3v) is 10.0. The summed E-state index contributed by atoms with van der Waals surface area (Å²) >= 11 is 1.97. The second-order valence-electron chi connectivity index (χ2n) is 12.1. The van der Waals surface area contributed by atoms with Crippen LogP contribution in [0, 0.1) is 11.5 Å². The minimum Gasteiger partial charge on any atom is -0.382 e. The van der Waals surface area contributed by atoms with E-state index in [2.05, 4.69) is 46.1 Å². The van der Waals surface area contributed by atoms with Gasteiger partial charge >= 0.3 is 0 Å². The summed E-state index contributed by atoms with van der Waals surface area (Å²) in [5.74, 6) is 5.98. The molecule has 2 rings (SSSR count). The summed E-state index contributed by atoms with van der Waals surface area (Å²) in [5.41, 5.74) is 10.5. The number of unbranched alkanes of at least 4 members (excludes halogenated alkanes) is 10. The lowest BCUT2D eigenvalue weighted by Gasteiger charge is -2.18. The van der Waals surface area contributed by atoms with E-state index in [9.17, 15) is 4.57 Å². The van der Waals surface area contributed by atoms with Crippen LogP contribution in [0.25, 0.3) is 11.2 Å². The number of thioether (sulfide) groups is 1. The van der Waals surface area contributed by atoms with Crippen LogP contribution < -0.4 is 11.9 Å². The summed E-state index contributed by atoms with van der Waals surface area (Å²) in [5, 5.41) is 0. The first-order valence-corrected chi connectivity index (χ1v) is 22.3. The number of aromatic nitrogens is 4. The monoisotopic (exact) mass is 641 g/mol. The Morgan fingerprint density at radius 2 is 1.60 bits per heavy atom. The highest BCUT2D eigenvalue weighted by atomic mass is 32.2. The Bertz CT molecular complexity index is 1120. The van der Waals surface area contributed by atoms with Crippen molar-refractivity contribution in [2.24, 2.45) is 0 Å². The summed E-state index contributed by atoms with van der Waals surface area (Å²) in [7, 11) is -3.98. The Morgan fingerprint density at radius 1 is 0.976 bits per heavy atom. The van der Waals surface area contributed by atoms with Crippen LogP contribution in [0.5, 0.6) is 0 Å². The lowest BCUT2D eigenvalue weighted by Crippen LogP contribution is -2.17. The van der Waals surface area contributed by atoms with E-state index in [0.29, 0.717) is 30.1 Å². The van der Waals surface area contributed by atoms with E-state index in [1.165, 1.54) is 76.3 Å². The molecule has 12 heteroatoms. The van der Waals surface area contributed by atoms with Crippen molar-refractivity contribution < 1.29 is 13.8 Å². The molecule has 0 aliphatic rings. The predicted octanol–water partition coefficient (Wildman–Crippen LogP) is 8.37. The molecule has 0 saturated heterocycles. The van der Waals surface area contributed by atoms with Gasteiger partial charge in [-0.05, 0) is 37.7 Å². The van der Waals surface area contributed by atoms with Crippen molar-refractivity contribution >= 4 is 44.2 Å². The maximum atomic E-state index is 12.8. The van der Waals surface area contributed by atoms with Crippen LogP contribution in [-0.4, -0.2) is 64.8 Å². The smallest absolute Gasteiger partial charge is 0.225 e. The molecule has 0 saturated carbocycles. The summed E-state index contributed by atoms with van der Waals surface area (Å²) in [6.07, 6.45) is 18.5. The molecule has 9 nitrogen and oxygen atoms in total. The quantitative estimate of drug-likeness (QED) is 0.0565. The standard InChI is InChI=1S/C30H54N5O3PSSi.H3N/c1-27(23-35-25-34-28-29(31)32-24-33-30(28)35)37-26-39(2,36)38-19-18-21-40-20-16-14-12-10-8-6-7-9-11-13-15-17-22-41(3,4)5;/h24-25,27H,6-16,18-21,23,26H2,1-5H3,(H2,31,32,33);1H3/p+1/t27-,39?;/m1./s1. The molecule has 2 heterocycles. The molecule has 0 amide bonds. The molecule has 2 atom stereocenters. The first-order chi connectivity index (χ1) is 19.6. The largest absolute Gasteiger partial charge is 0.382 e. The molecule has 0 aliphatic carbocycles. The van der Waals surface area contributed by atoms with Gasteiger partial charge in [0, 0.05) is 13.1 Å². The van der Waals surface area contributed by atoms with Crippen LogP contribution >= 0.6 is 19.1 Å². The molecule has 42 heavy (non-hydrogen) atoms. The number of quaternary nitrogens is 1. The fraction of sp³-hybridized carbons (Fsp3) is 0.767. The van der Waals surface area contributed by atoms with E-state index in [1.54, 1.807) is 13.0 Å². The van der Waals surface area contributed by atoms with Crippen molar-refractivity contribution in [1.29, 1.82) is 0 Å². The van der Waals surface area contributed by atoms with E-state index in [1.807, 2.05) is 23.3 Å². The van der Waals surface area contributed by atoms with Crippen LogP contribution in [0.15, 0.2) is 12.7 Å². The van der Waals surface area contributed by atoms with Gasteiger partial charge in [-0.3, -0.25) is 4.57 Å². The van der Waals surface area contributed by atoms with E-state index >= 15 is 0 Å². The van der Waals surface area contributed by atoms with E-state index in [0.717, 1.165) is 18.6 Å². The maximum absolute atomic E-state index is 12.8. The van der Waals surface area contributed by atoms with Crippen LogP contribution in [0.4, 0.5) is 5.82 Å². The lowest BCUT2D eigenvalue weighted by atomic mass is 10.1. The number of hydrogen-bond donors (Lipinski definition) is 2. The summed E-state index contributed by atoms with van der Waals surface area (Å²) in [4.78, 5) is 12.5. The third-order valence-electron chi connectivity index (χ3n) is 6.58. The van der Waals surface area contributed by atoms with E-state index in [4.69, 9.17) is 15.0 Å². The van der Waals surface area contributed by atoms with Crippen molar-refractivity contribution in [1.82, 2.24) is 25.7 Å². The molecule has 6 N–H and O–H groups in total. The van der Waals surface area contributed by atoms with Crippen molar-refractivity contribution in [3.05, 3.63) is 12.7 Å². The Balaban J connectivity index is 0.00000882. The number of ether oxygens (including phenoxy) is 1. The molecule has 0 aliphatic heterocycles. The zero-order valence-corrected chi connectivity index (χ0v) is 29.9. The highest BCUT2D eigenvalue weighted by Crippen LogP contribution is 2.42. The van der Waals surface area contributed by atoms with Gasteiger partial charge < -0.3 is 25.7 Å². The van der Waals surface area contributed by atoms with Crippen LogP contribution in [0.1, 0.15) is 84.0 Å². The fourth-order valence-electron chi connectivity index (χ4n) is 4.34. The second kappa shape index (κ2) is 21.3. The number of nitrogens with two attached hydrogens (primary N) is 1. The molecular weight excluding hydrogens is 583 g/mol. The average molecular weight is 642 g/mol. The number of fused-ring (bicyclic) bond motifs is 1. The molecule has 0 spiro atoms. The molecule has 240 valence electrons. The number of imidazole rings is 1. The topological polar surface area (TPSA) is 142 Å². The van der Waals surface area contributed by atoms with Gasteiger partial charge in [-0.1, -0.05) is 71.0 Å². The Labute approximate surface area is 260 Å². The molecule has 0 fully saturated rings. The number of nitrogens with zero attached hydrogens (tertiary/aromatic N) is 4. The molecule has 0 radical (unpaired) electrons. The van der Waals surface area contributed by atoms with Crippen molar-refractivity contribution in [2.75, 3.05) is 36.9 Å². The Hall–Kier alpha value is -1.41. The van der Waals surface area contributed by atoms with E-state index in [-0.39, 0.29) is 18.6 Å². The van der Waals surface area contributed by atoms with Gasteiger partial charge in [-0.2, -0.15) is 11.8 Å². The van der Waals surface area contributed by atoms with Crippen LogP contribution in [-0.2, 0) is 20.4 Å². The summed E-state index contributed by atoms with van der Waals surface area (Å²) < 4.78 is 26.2. The predicted molar refractivity (Wildman–Crippen MR) is 184 cm³/mol. The lowest BCUT2D eigenvalue weighted by molar-refractivity contribution is 0.0801. The fourth-order valence-corrected chi connectivity index (χ4v) is 7.05. The molecule has 2 aromatic heterocycles. The number of hydrogen-bond acceptors (Lipinski definition) is 8. The maximum Gasteiger partial charge on any atom is 0.225 e. The Morgan fingerprint density at radius 3 is 2.26 bits per heavy atom. The van der Waals surface area contributed by atoms with Gasteiger partial charge in [0.05, 0.1) is 25.6 Å². The molecule has 2 aromatic rings. The molecule has 0 bridgehead atoms. The summed E-state index contributed by atoms with van der Waals surface area (Å²) in [6, 6.07) is 0. The first kappa shape index (κ1) is 38.6. The first-order valence-electron chi connectivity index (χ1n) is 15.4.